The molecule has 1 N–H and O–H groups in total. The Morgan fingerprint density at radius 1 is 1.39 bits per heavy atom. The van der Waals surface area contributed by atoms with Crippen molar-refractivity contribution in [2.45, 2.75) is 20.8 Å². The van der Waals surface area contributed by atoms with Gasteiger partial charge in [0.15, 0.2) is 5.78 Å². The summed E-state index contributed by atoms with van der Waals surface area (Å²) in [5, 5.41) is 3.53. The van der Waals surface area contributed by atoms with Crippen LogP contribution in [0.4, 0.5) is 15.1 Å². The van der Waals surface area contributed by atoms with Gasteiger partial charge in [0.25, 0.3) is 0 Å². The van der Waals surface area contributed by atoms with Crippen LogP contribution < -0.4 is 5.32 Å². The van der Waals surface area contributed by atoms with Crippen LogP contribution in [0.2, 0.25) is 0 Å². The summed E-state index contributed by atoms with van der Waals surface area (Å²) in [6.45, 7) is 5.13. The van der Waals surface area contributed by atoms with E-state index in [2.05, 4.69) is 9.69 Å². The minimum absolute atomic E-state index is 0.0724. The summed E-state index contributed by atoms with van der Waals surface area (Å²) >= 11 is 1.17. The van der Waals surface area contributed by atoms with Crippen molar-refractivity contribution in [3.8, 4) is 0 Å². The third-order valence-electron chi connectivity index (χ3n) is 2.58. The number of nitrogens with one attached hydrogen (secondary N) is 1. The fourth-order valence-corrected chi connectivity index (χ4v) is 2.58. The standard InChI is InChI=1S/C13H13FN2OS/c1-7-4-5-10(14)11(6-7)15-13-12(9(3)17)8(2)16-18-13/h4-6,15H,1-3H3. The lowest BCUT2D eigenvalue weighted by molar-refractivity contribution is 0.101. The van der Waals surface area contributed by atoms with Crippen LogP contribution in [0.15, 0.2) is 18.2 Å². The highest BCUT2D eigenvalue weighted by molar-refractivity contribution is 7.10. The molecule has 0 amide bonds. The second kappa shape index (κ2) is 4.86. The van der Waals surface area contributed by atoms with E-state index < -0.39 is 0 Å². The second-order valence-electron chi connectivity index (χ2n) is 4.14. The van der Waals surface area contributed by atoms with Crippen LogP contribution in [0.3, 0.4) is 0 Å². The molecule has 94 valence electrons. The maximum absolute atomic E-state index is 13.6. The molecule has 2 aromatic rings. The molecule has 2 rings (SSSR count). The molecule has 1 aromatic heterocycles. The van der Waals surface area contributed by atoms with Crippen molar-refractivity contribution >= 4 is 28.0 Å². The molecule has 1 aromatic carbocycles. The molecular formula is C13H13FN2OS. The van der Waals surface area contributed by atoms with Gasteiger partial charge in [0.2, 0.25) is 0 Å². The largest absolute Gasteiger partial charge is 0.343 e. The third-order valence-corrected chi connectivity index (χ3v) is 3.44. The zero-order chi connectivity index (χ0) is 13.3. The van der Waals surface area contributed by atoms with E-state index in [1.54, 1.807) is 19.1 Å². The highest BCUT2D eigenvalue weighted by Gasteiger charge is 2.16. The number of Topliss-reactive ketones (excluding diaryl/α,β-unsaturated/α-hetero) is 1. The zero-order valence-corrected chi connectivity index (χ0v) is 11.2. The number of nitrogens with zero attached hydrogens (tertiary/aromatic N) is 1. The molecule has 0 radical (unpaired) electrons. The quantitative estimate of drug-likeness (QED) is 0.856. The van der Waals surface area contributed by atoms with E-state index in [1.807, 2.05) is 6.92 Å². The maximum atomic E-state index is 13.6. The van der Waals surface area contributed by atoms with E-state index in [-0.39, 0.29) is 11.6 Å². The number of halogens is 1. The molecule has 18 heavy (non-hydrogen) atoms. The molecule has 0 fully saturated rings. The van der Waals surface area contributed by atoms with Gasteiger partial charge in [-0.05, 0) is 50.0 Å². The molecule has 0 aliphatic heterocycles. The molecular weight excluding hydrogens is 251 g/mol. The van der Waals surface area contributed by atoms with Crippen LogP contribution in [0.5, 0.6) is 0 Å². The summed E-state index contributed by atoms with van der Waals surface area (Å²) < 4.78 is 17.8. The summed E-state index contributed by atoms with van der Waals surface area (Å²) in [6.07, 6.45) is 0. The van der Waals surface area contributed by atoms with Crippen molar-refractivity contribution in [1.82, 2.24) is 4.37 Å². The number of carbonyl (C=O) groups is 1. The van der Waals surface area contributed by atoms with Gasteiger partial charge in [0.1, 0.15) is 10.8 Å². The Hall–Kier alpha value is -1.75. The molecule has 0 unspecified atom stereocenters. The van der Waals surface area contributed by atoms with Crippen molar-refractivity contribution in [2.24, 2.45) is 0 Å². The molecule has 0 aliphatic carbocycles. The Labute approximate surface area is 109 Å². The first-order valence-corrected chi connectivity index (χ1v) is 6.26. The smallest absolute Gasteiger partial charge is 0.164 e. The second-order valence-corrected chi connectivity index (χ2v) is 4.91. The van der Waals surface area contributed by atoms with Gasteiger partial charge in [0.05, 0.1) is 16.9 Å². The van der Waals surface area contributed by atoms with Crippen LogP contribution in [0, 0.1) is 19.7 Å². The lowest BCUT2D eigenvalue weighted by Gasteiger charge is -2.07. The van der Waals surface area contributed by atoms with Gasteiger partial charge in [-0.1, -0.05) is 6.07 Å². The number of aromatic nitrogens is 1. The van der Waals surface area contributed by atoms with Crippen LogP contribution >= 0.6 is 11.5 Å². The average Bonchev–Trinajstić information content (AvgIpc) is 2.65. The lowest BCUT2D eigenvalue weighted by Crippen LogP contribution is -2.00. The molecule has 0 spiro atoms. The first-order chi connectivity index (χ1) is 8.49. The van der Waals surface area contributed by atoms with Gasteiger partial charge in [-0.25, -0.2) is 4.39 Å². The van der Waals surface area contributed by atoms with Crippen LogP contribution in [-0.4, -0.2) is 10.2 Å². The normalized spacial score (nSPS) is 10.4. The fourth-order valence-electron chi connectivity index (χ4n) is 1.73. The number of aryl methyl sites for hydroxylation is 2. The minimum Gasteiger partial charge on any atom is -0.343 e. The van der Waals surface area contributed by atoms with Crippen molar-refractivity contribution < 1.29 is 9.18 Å². The van der Waals surface area contributed by atoms with E-state index in [1.165, 1.54) is 24.5 Å². The molecule has 0 atom stereocenters. The van der Waals surface area contributed by atoms with E-state index in [0.29, 0.717) is 21.9 Å². The van der Waals surface area contributed by atoms with Gasteiger partial charge in [-0.2, -0.15) is 4.37 Å². The minimum atomic E-state index is -0.346. The van der Waals surface area contributed by atoms with Gasteiger partial charge in [0, 0.05) is 0 Å². The number of hydrogen-bond acceptors (Lipinski definition) is 4. The monoisotopic (exact) mass is 264 g/mol. The fraction of sp³-hybridized carbons (Fsp3) is 0.231. The molecule has 0 aliphatic rings. The highest BCUT2D eigenvalue weighted by Crippen LogP contribution is 2.29. The first-order valence-electron chi connectivity index (χ1n) is 5.49. The van der Waals surface area contributed by atoms with Gasteiger partial charge in [-0.15, -0.1) is 0 Å². The Bertz CT molecular complexity index is 607. The van der Waals surface area contributed by atoms with Crippen molar-refractivity contribution in [3.05, 3.63) is 40.8 Å². The SMILES string of the molecule is CC(=O)c1c(C)nsc1Nc1cc(C)ccc1F. The van der Waals surface area contributed by atoms with Gasteiger partial charge < -0.3 is 5.32 Å². The predicted molar refractivity (Wildman–Crippen MR) is 71.3 cm³/mol. The average molecular weight is 264 g/mol. The maximum Gasteiger partial charge on any atom is 0.164 e. The molecule has 0 saturated carbocycles. The van der Waals surface area contributed by atoms with E-state index in [0.717, 1.165) is 5.56 Å². The number of benzene rings is 1. The molecule has 0 bridgehead atoms. The predicted octanol–water partition coefficient (Wildman–Crippen LogP) is 3.85. The number of ketones is 1. The Kier molecular flexibility index (Phi) is 3.43. The number of rotatable bonds is 3. The molecule has 3 nitrogen and oxygen atoms in total. The van der Waals surface area contributed by atoms with Gasteiger partial charge in [-0.3, -0.25) is 4.79 Å². The first kappa shape index (κ1) is 12.7. The summed E-state index contributed by atoms with van der Waals surface area (Å²) in [7, 11) is 0. The highest BCUT2D eigenvalue weighted by atomic mass is 32.1. The Balaban J connectivity index is 2.40. The van der Waals surface area contributed by atoms with E-state index >= 15 is 0 Å². The van der Waals surface area contributed by atoms with Crippen LogP contribution in [0.25, 0.3) is 0 Å². The van der Waals surface area contributed by atoms with Crippen molar-refractivity contribution in [2.75, 3.05) is 5.32 Å². The lowest BCUT2D eigenvalue weighted by atomic mass is 10.1. The number of anilines is 2. The molecule has 1 heterocycles. The Morgan fingerprint density at radius 3 is 2.78 bits per heavy atom. The Morgan fingerprint density at radius 2 is 2.11 bits per heavy atom. The summed E-state index contributed by atoms with van der Waals surface area (Å²) in [6, 6.07) is 4.80. The molecule has 0 saturated heterocycles. The third kappa shape index (κ3) is 2.41. The number of carbonyl (C=O) groups excluding carboxylic acids is 1. The summed E-state index contributed by atoms with van der Waals surface area (Å²) in [4.78, 5) is 11.5. The summed E-state index contributed by atoms with van der Waals surface area (Å²) in [5.74, 6) is -0.419. The van der Waals surface area contributed by atoms with Crippen LogP contribution in [-0.2, 0) is 0 Å². The molecule has 5 heteroatoms. The van der Waals surface area contributed by atoms with E-state index in [4.69, 9.17) is 0 Å². The van der Waals surface area contributed by atoms with Crippen molar-refractivity contribution in [1.29, 1.82) is 0 Å². The van der Waals surface area contributed by atoms with Crippen molar-refractivity contribution in [3.63, 3.8) is 0 Å². The topological polar surface area (TPSA) is 42.0 Å². The number of hydrogen-bond donors (Lipinski definition) is 1. The summed E-state index contributed by atoms with van der Waals surface area (Å²) in [5.41, 5.74) is 2.51. The zero-order valence-electron chi connectivity index (χ0n) is 10.4. The van der Waals surface area contributed by atoms with Gasteiger partial charge >= 0.3 is 0 Å². The van der Waals surface area contributed by atoms with E-state index in [9.17, 15) is 9.18 Å². The van der Waals surface area contributed by atoms with Crippen LogP contribution in [0.1, 0.15) is 28.5 Å².